The number of carbonyl (C=O) groups is 1. The van der Waals surface area contributed by atoms with Crippen molar-refractivity contribution in [2.75, 3.05) is 13.7 Å². The Morgan fingerprint density at radius 2 is 2.06 bits per heavy atom. The molecule has 0 aromatic heterocycles. The summed E-state index contributed by atoms with van der Waals surface area (Å²) >= 11 is 1.81. The minimum atomic E-state index is -0.297. The van der Waals surface area contributed by atoms with Gasteiger partial charge < -0.3 is 10.5 Å². The second-order valence-corrected chi connectivity index (χ2v) is 4.97. The molecular formula is C12H17NO2S. The van der Waals surface area contributed by atoms with Crippen LogP contribution < -0.4 is 5.73 Å². The van der Waals surface area contributed by atoms with Crippen molar-refractivity contribution in [1.82, 2.24) is 0 Å². The zero-order valence-electron chi connectivity index (χ0n) is 9.60. The van der Waals surface area contributed by atoms with Crippen LogP contribution in [0.25, 0.3) is 0 Å². The number of ether oxygens (including phenoxy) is 1. The van der Waals surface area contributed by atoms with Crippen molar-refractivity contribution in [3.05, 3.63) is 35.4 Å². The van der Waals surface area contributed by atoms with E-state index in [4.69, 9.17) is 5.73 Å². The lowest BCUT2D eigenvalue weighted by atomic mass is 10.1. The van der Waals surface area contributed by atoms with Crippen LogP contribution in [0.1, 0.15) is 22.8 Å². The predicted octanol–water partition coefficient (Wildman–Crippen LogP) is 2.05. The number of rotatable bonds is 5. The van der Waals surface area contributed by atoms with E-state index in [1.54, 1.807) is 12.1 Å². The number of hydrogen-bond acceptors (Lipinski definition) is 4. The molecule has 0 saturated carbocycles. The van der Waals surface area contributed by atoms with Crippen LogP contribution in [0.15, 0.2) is 24.3 Å². The fourth-order valence-corrected chi connectivity index (χ4v) is 1.97. The maximum Gasteiger partial charge on any atom is 0.337 e. The lowest BCUT2D eigenvalue weighted by molar-refractivity contribution is 0.0601. The van der Waals surface area contributed by atoms with Gasteiger partial charge in [-0.2, -0.15) is 11.8 Å². The summed E-state index contributed by atoms with van der Waals surface area (Å²) in [6, 6.07) is 7.47. The van der Waals surface area contributed by atoms with Gasteiger partial charge in [0.2, 0.25) is 0 Å². The third-order valence-corrected chi connectivity index (χ3v) is 3.50. The van der Waals surface area contributed by atoms with Gasteiger partial charge in [-0.05, 0) is 17.7 Å². The molecule has 0 amide bonds. The second kappa shape index (κ2) is 6.55. The van der Waals surface area contributed by atoms with Crippen LogP contribution in [0.3, 0.4) is 0 Å². The van der Waals surface area contributed by atoms with Gasteiger partial charge in [0.1, 0.15) is 0 Å². The van der Waals surface area contributed by atoms with Crippen molar-refractivity contribution in [1.29, 1.82) is 0 Å². The van der Waals surface area contributed by atoms with Gasteiger partial charge >= 0.3 is 5.97 Å². The number of benzene rings is 1. The second-order valence-electron chi connectivity index (χ2n) is 3.55. The third kappa shape index (κ3) is 3.87. The minimum absolute atomic E-state index is 0.297. The summed E-state index contributed by atoms with van der Waals surface area (Å²) in [7, 11) is 1.38. The molecule has 1 rings (SSSR count). The van der Waals surface area contributed by atoms with E-state index < -0.39 is 0 Å². The van der Waals surface area contributed by atoms with Gasteiger partial charge in [0.25, 0.3) is 0 Å². The van der Waals surface area contributed by atoms with Crippen molar-refractivity contribution < 1.29 is 9.53 Å². The minimum Gasteiger partial charge on any atom is -0.465 e. The van der Waals surface area contributed by atoms with Crippen LogP contribution in [0.4, 0.5) is 0 Å². The number of thioether (sulfide) groups is 1. The molecule has 1 atom stereocenters. The first-order valence-electron chi connectivity index (χ1n) is 5.16. The lowest BCUT2D eigenvalue weighted by Gasteiger charge is -2.08. The van der Waals surface area contributed by atoms with Crippen LogP contribution in [0, 0.1) is 0 Å². The highest BCUT2D eigenvalue weighted by atomic mass is 32.2. The Bertz CT molecular complexity index is 337. The van der Waals surface area contributed by atoms with E-state index in [-0.39, 0.29) is 5.97 Å². The summed E-state index contributed by atoms with van der Waals surface area (Å²) in [5.41, 5.74) is 7.31. The number of methoxy groups -OCH3 is 1. The largest absolute Gasteiger partial charge is 0.465 e. The molecule has 88 valence electrons. The van der Waals surface area contributed by atoms with Crippen molar-refractivity contribution in [2.24, 2.45) is 5.73 Å². The first-order chi connectivity index (χ1) is 7.67. The Balaban J connectivity index is 2.54. The molecule has 0 aliphatic carbocycles. The maximum atomic E-state index is 11.2. The van der Waals surface area contributed by atoms with Crippen molar-refractivity contribution in [3.8, 4) is 0 Å². The Morgan fingerprint density at radius 3 is 2.56 bits per heavy atom. The van der Waals surface area contributed by atoms with Crippen LogP contribution in [-0.2, 0) is 10.5 Å². The highest BCUT2D eigenvalue weighted by Gasteiger charge is 2.05. The normalized spacial score (nSPS) is 12.2. The van der Waals surface area contributed by atoms with Crippen LogP contribution in [0.2, 0.25) is 0 Å². The number of hydrogen-bond donors (Lipinski definition) is 1. The van der Waals surface area contributed by atoms with E-state index in [0.717, 1.165) is 5.75 Å². The van der Waals surface area contributed by atoms with Crippen LogP contribution in [-0.4, -0.2) is 24.9 Å². The SMILES string of the molecule is COC(=O)c1ccc(CSC(C)CN)cc1. The summed E-state index contributed by atoms with van der Waals surface area (Å²) in [5.74, 6) is 0.620. The molecule has 2 N–H and O–H groups in total. The molecular weight excluding hydrogens is 222 g/mol. The molecule has 1 aromatic rings. The van der Waals surface area contributed by atoms with Gasteiger partial charge in [-0.1, -0.05) is 19.1 Å². The molecule has 0 aliphatic heterocycles. The van der Waals surface area contributed by atoms with E-state index in [2.05, 4.69) is 11.7 Å². The van der Waals surface area contributed by atoms with Crippen molar-refractivity contribution in [3.63, 3.8) is 0 Å². The third-order valence-electron chi connectivity index (χ3n) is 2.24. The van der Waals surface area contributed by atoms with Gasteiger partial charge in [0.15, 0.2) is 0 Å². The summed E-state index contributed by atoms with van der Waals surface area (Å²) in [6.07, 6.45) is 0. The molecule has 0 bridgehead atoms. The molecule has 3 nitrogen and oxygen atoms in total. The highest BCUT2D eigenvalue weighted by Crippen LogP contribution is 2.17. The van der Waals surface area contributed by atoms with Crippen LogP contribution in [0.5, 0.6) is 0 Å². The van der Waals surface area contributed by atoms with E-state index in [9.17, 15) is 4.79 Å². The van der Waals surface area contributed by atoms with Gasteiger partial charge in [-0.15, -0.1) is 0 Å². The molecule has 0 aliphatic rings. The first-order valence-corrected chi connectivity index (χ1v) is 6.21. The first kappa shape index (κ1) is 13.1. The molecule has 16 heavy (non-hydrogen) atoms. The average Bonchev–Trinajstić information content (AvgIpc) is 2.35. The number of esters is 1. The Morgan fingerprint density at radius 1 is 1.44 bits per heavy atom. The standard InChI is InChI=1S/C12H17NO2S/c1-9(7-13)16-8-10-3-5-11(6-4-10)12(14)15-2/h3-6,9H,7-8,13H2,1-2H3. The predicted molar refractivity (Wildman–Crippen MR) is 67.6 cm³/mol. The molecule has 0 radical (unpaired) electrons. The van der Waals surface area contributed by atoms with Gasteiger partial charge in [0.05, 0.1) is 12.7 Å². The molecule has 1 unspecified atom stereocenters. The summed E-state index contributed by atoms with van der Waals surface area (Å²) in [4.78, 5) is 11.2. The Kier molecular flexibility index (Phi) is 5.35. The van der Waals surface area contributed by atoms with E-state index in [0.29, 0.717) is 17.4 Å². The summed E-state index contributed by atoms with van der Waals surface area (Å²) in [5, 5.41) is 0.459. The smallest absolute Gasteiger partial charge is 0.337 e. The lowest BCUT2D eigenvalue weighted by Crippen LogP contribution is -2.12. The Hall–Kier alpha value is -1.00. The monoisotopic (exact) mass is 239 g/mol. The molecule has 4 heteroatoms. The van der Waals surface area contributed by atoms with Crippen molar-refractivity contribution in [2.45, 2.75) is 17.9 Å². The number of nitrogens with two attached hydrogens (primary N) is 1. The average molecular weight is 239 g/mol. The maximum absolute atomic E-state index is 11.2. The zero-order valence-corrected chi connectivity index (χ0v) is 10.4. The van der Waals surface area contributed by atoms with E-state index >= 15 is 0 Å². The summed E-state index contributed by atoms with van der Waals surface area (Å²) in [6.45, 7) is 2.79. The quantitative estimate of drug-likeness (QED) is 0.799. The van der Waals surface area contributed by atoms with Gasteiger partial charge in [0, 0.05) is 17.5 Å². The number of carbonyl (C=O) groups excluding carboxylic acids is 1. The molecule has 0 saturated heterocycles. The molecule has 0 heterocycles. The van der Waals surface area contributed by atoms with Gasteiger partial charge in [-0.25, -0.2) is 4.79 Å². The molecule has 0 spiro atoms. The topological polar surface area (TPSA) is 52.3 Å². The molecule has 1 aromatic carbocycles. The fourth-order valence-electron chi connectivity index (χ4n) is 1.16. The summed E-state index contributed by atoms with van der Waals surface area (Å²) < 4.78 is 4.63. The fraction of sp³-hybridized carbons (Fsp3) is 0.417. The molecule has 0 fully saturated rings. The Labute approximate surface area is 100 Å². The van der Waals surface area contributed by atoms with E-state index in [1.165, 1.54) is 12.7 Å². The zero-order chi connectivity index (χ0) is 12.0. The van der Waals surface area contributed by atoms with Crippen molar-refractivity contribution >= 4 is 17.7 Å². The highest BCUT2D eigenvalue weighted by molar-refractivity contribution is 7.99. The van der Waals surface area contributed by atoms with Crippen LogP contribution >= 0.6 is 11.8 Å². The van der Waals surface area contributed by atoms with Gasteiger partial charge in [-0.3, -0.25) is 0 Å². The van der Waals surface area contributed by atoms with E-state index in [1.807, 2.05) is 23.9 Å².